The number of furan rings is 1. The van der Waals surface area contributed by atoms with E-state index in [2.05, 4.69) is 5.32 Å². The fraction of sp³-hybridized carbons (Fsp3) is 0.318. The summed E-state index contributed by atoms with van der Waals surface area (Å²) in [4.78, 5) is 39.4. The molecule has 3 aromatic rings. The van der Waals surface area contributed by atoms with Crippen molar-refractivity contribution < 1.29 is 14.0 Å². The number of carbonyl (C=O) groups is 2. The predicted octanol–water partition coefficient (Wildman–Crippen LogP) is 2.41. The van der Waals surface area contributed by atoms with Gasteiger partial charge in [-0.15, -0.1) is 0 Å². The van der Waals surface area contributed by atoms with E-state index in [1.807, 2.05) is 24.3 Å². The van der Waals surface area contributed by atoms with Gasteiger partial charge >= 0.3 is 0 Å². The minimum Gasteiger partial charge on any atom is -0.459 e. The van der Waals surface area contributed by atoms with Crippen molar-refractivity contribution in [3.8, 4) is 0 Å². The monoisotopic (exact) mass is 393 g/mol. The second-order valence-electron chi connectivity index (χ2n) is 7.42. The molecule has 2 aromatic heterocycles. The molecule has 1 fully saturated rings. The summed E-state index contributed by atoms with van der Waals surface area (Å²) >= 11 is 0. The molecule has 0 aliphatic carbocycles. The third-order valence-corrected chi connectivity index (χ3v) is 5.49. The third kappa shape index (κ3) is 3.81. The molecule has 1 N–H and O–H groups in total. The number of benzene rings is 1. The van der Waals surface area contributed by atoms with Crippen LogP contribution in [0, 0.1) is 5.92 Å². The molecule has 0 radical (unpaired) electrons. The van der Waals surface area contributed by atoms with Crippen LogP contribution in [0.15, 0.2) is 57.9 Å². The molecule has 7 heteroatoms. The van der Waals surface area contributed by atoms with E-state index in [1.165, 1.54) is 12.3 Å². The van der Waals surface area contributed by atoms with Crippen LogP contribution in [-0.4, -0.2) is 40.9 Å². The van der Waals surface area contributed by atoms with Crippen molar-refractivity contribution >= 4 is 22.7 Å². The van der Waals surface area contributed by atoms with E-state index < -0.39 is 0 Å². The van der Waals surface area contributed by atoms with Crippen LogP contribution in [0.25, 0.3) is 10.9 Å². The fourth-order valence-electron chi connectivity index (χ4n) is 3.91. The topological polar surface area (TPSA) is 84.5 Å². The standard InChI is InChI=1S/C22H23N3O4/c1-24-18-8-3-2-7-16(18)17(12-20(24)26)22(28)25-10-4-6-15(14-25)13-23-21(27)19-9-5-11-29-19/h2-3,5,7-9,11-12,15H,4,6,10,13-14H2,1H3,(H,23,27)/t15-/m0/s1. The minimum atomic E-state index is -0.254. The second kappa shape index (κ2) is 7.95. The van der Waals surface area contributed by atoms with Crippen LogP contribution >= 0.6 is 0 Å². The summed E-state index contributed by atoms with van der Waals surface area (Å²) in [5, 5.41) is 3.65. The van der Waals surface area contributed by atoms with Crippen molar-refractivity contribution in [2.75, 3.05) is 19.6 Å². The van der Waals surface area contributed by atoms with Crippen LogP contribution in [0.4, 0.5) is 0 Å². The molecular formula is C22H23N3O4. The van der Waals surface area contributed by atoms with Crippen molar-refractivity contribution in [2.24, 2.45) is 13.0 Å². The number of piperidine rings is 1. The smallest absolute Gasteiger partial charge is 0.286 e. The predicted molar refractivity (Wildman–Crippen MR) is 109 cm³/mol. The SMILES string of the molecule is Cn1c(=O)cc(C(=O)N2CCC[C@@H](CNC(=O)c3ccco3)C2)c2ccccc21. The molecule has 3 heterocycles. The molecule has 7 nitrogen and oxygen atoms in total. The number of hydrogen-bond acceptors (Lipinski definition) is 4. The van der Waals surface area contributed by atoms with Gasteiger partial charge in [0.2, 0.25) is 0 Å². The highest BCUT2D eigenvalue weighted by Gasteiger charge is 2.26. The highest BCUT2D eigenvalue weighted by atomic mass is 16.3. The van der Waals surface area contributed by atoms with Gasteiger partial charge in [-0.25, -0.2) is 0 Å². The van der Waals surface area contributed by atoms with Gasteiger partial charge < -0.3 is 19.2 Å². The van der Waals surface area contributed by atoms with Gasteiger partial charge in [-0.2, -0.15) is 0 Å². The zero-order valence-electron chi connectivity index (χ0n) is 16.3. The van der Waals surface area contributed by atoms with Crippen molar-refractivity contribution in [3.63, 3.8) is 0 Å². The summed E-state index contributed by atoms with van der Waals surface area (Å²) in [6, 6.07) is 12.1. The van der Waals surface area contributed by atoms with Gasteiger partial charge in [0.25, 0.3) is 17.4 Å². The maximum absolute atomic E-state index is 13.2. The van der Waals surface area contributed by atoms with E-state index in [1.54, 1.807) is 28.6 Å². The summed E-state index contributed by atoms with van der Waals surface area (Å²) in [6.07, 6.45) is 3.25. The Hall–Kier alpha value is -3.35. The highest BCUT2D eigenvalue weighted by Crippen LogP contribution is 2.22. The number of rotatable bonds is 4. The lowest BCUT2D eigenvalue weighted by atomic mass is 9.96. The molecule has 4 rings (SSSR count). The Morgan fingerprint density at radius 1 is 1.21 bits per heavy atom. The number of nitrogens with one attached hydrogen (secondary N) is 1. The molecule has 1 atom stereocenters. The molecule has 1 aliphatic heterocycles. The van der Waals surface area contributed by atoms with Gasteiger partial charge in [0, 0.05) is 38.1 Å². The summed E-state index contributed by atoms with van der Waals surface area (Å²) in [7, 11) is 1.71. The van der Waals surface area contributed by atoms with Gasteiger partial charge in [0.05, 0.1) is 17.3 Å². The lowest BCUT2D eigenvalue weighted by Crippen LogP contribution is -2.44. The molecule has 2 amide bonds. The average molecular weight is 393 g/mol. The number of aryl methyl sites for hydroxylation is 1. The van der Waals surface area contributed by atoms with E-state index in [0.717, 1.165) is 23.7 Å². The lowest BCUT2D eigenvalue weighted by Gasteiger charge is -2.33. The van der Waals surface area contributed by atoms with Gasteiger partial charge in [0.1, 0.15) is 0 Å². The zero-order valence-corrected chi connectivity index (χ0v) is 16.3. The van der Waals surface area contributed by atoms with E-state index in [4.69, 9.17) is 4.42 Å². The van der Waals surface area contributed by atoms with Crippen LogP contribution < -0.4 is 10.9 Å². The van der Waals surface area contributed by atoms with E-state index >= 15 is 0 Å². The first-order valence-electron chi connectivity index (χ1n) is 9.74. The molecule has 0 spiro atoms. The number of carbonyl (C=O) groups excluding carboxylic acids is 2. The Balaban J connectivity index is 1.49. The number of hydrogen-bond donors (Lipinski definition) is 1. The summed E-state index contributed by atoms with van der Waals surface area (Å²) < 4.78 is 6.66. The Kier molecular flexibility index (Phi) is 5.20. The third-order valence-electron chi connectivity index (χ3n) is 5.49. The van der Waals surface area contributed by atoms with Crippen LogP contribution in [0.1, 0.15) is 33.8 Å². The Bertz CT molecular complexity index is 1100. The van der Waals surface area contributed by atoms with Crippen LogP contribution in [0.5, 0.6) is 0 Å². The summed E-state index contributed by atoms with van der Waals surface area (Å²) in [6.45, 7) is 1.66. The van der Waals surface area contributed by atoms with Crippen LogP contribution in [0.3, 0.4) is 0 Å². The number of aromatic nitrogens is 1. The van der Waals surface area contributed by atoms with E-state index in [0.29, 0.717) is 25.2 Å². The van der Waals surface area contributed by atoms with Crippen molar-refractivity contribution in [1.82, 2.24) is 14.8 Å². The zero-order chi connectivity index (χ0) is 20.4. The number of para-hydroxylation sites is 1. The minimum absolute atomic E-state index is 0.138. The quantitative estimate of drug-likeness (QED) is 0.738. The molecule has 0 saturated carbocycles. The first-order chi connectivity index (χ1) is 14.0. The Labute approximate surface area is 167 Å². The maximum atomic E-state index is 13.2. The molecule has 1 saturated heterocycles. The first-order valence-corrected chi connectivity index (χ1v) is 9.74. The number of pyridine rings is 1. The van der Waals surface area contributed by atoms with Crippen molar-refractivity contribution in [2.45, 2.75) is 12.8 Å². The maximum Gasteiger partial charge on any atom is 0.286 e. The number of likely N-dealkylation sites (tertiary alicyclic amines) is 1. The van der Waals surface area contributed by atoms with Crippen molar-refractivity contribution in [1.29, 1.82) is 0 Å². The molecule has 0 bridgehead atoms. The first kappa shape index (κ1) is 19.0. The second-order valence-corrected chi connectivity index (χ2v) is 7.42. The van der Waals surface area contributed by atoms with Gasteiger partial charge in [-0.1, -0.05) is 18.2 Å². The van der Waals surface area contributed by atoms with E-state index in [9.17, 15) is 14.4 Å². The lowest BCUT2D eigenvalue weighted by molar-refractivity contribution is 0.0671. The number of amides is 2. The normalized spacial score (nSPS) is 16.7. The van der Waals surface area contributed by atoms with Gasteiger partial charge in [0.15, 0.2) is 5.76 Å². The molecule has 0 unspecified atom stereocenters. The molecule has 1 aliphatic rings. The highest BCUT2D eigenvalue weighted by molar-refractivity contribution is 6.06. The largest absolute Gasteiger partial charge is 0.459 e. The summed E-state index contributed by atoms with van der Waals surface area (Å²) in [5.41, 5.74) is 0.970. The van der Waals surface area contributed by atoms with Crippen LogP contribution in [0.2, 0.25) is 0 Å². The van der Waals surface area contributed by atoms with Gasteiger partial charge in [-0.05, 0) is 37.0 Å². The van der Waals surface area contributed by atoms with Crippen LogP contribution in [-0.2, 0) is 7.05 Å². The fourth-order valence-corrected chi connectivity index (χ4v) is 3.91. The Morgan fingerprint density at radius 2 is 2.03 bits per heavy atom. The van der Waals surface area contributed by atoms with E-state index in [-0.39, 0.29) is 29.1 Å². The molecule has 29 heavy (non-hydrogen) atoms. The summed E-state index contributed by atoms with van der Waals surface area (Å²) in [5.74, 6) is 0.0433. The molecule has 1 aromatic carbocycles. The molecule has 150 valence electrons. The van der Waals surface area contributed by atoms with Crippen molar-refractivity contribution in [3.05, 3.63) is 70.4 Å². The number of nitrogens with zero attached hydrogens (tertiary/aromatic N) is 2. The Morgan fingerprint density at radius 3 is 2.83 bits per heavy atom. The number of fused-ring (bicyclic) bond motifs is 1. The molecular weight excluding hydrogens is 370 g/mol. The average Bonchev–Trinajstić information content (AvgIpc) is 3.29. The van der Waals surface area contributed by atoms with Gasteiger partial charge in [-0.3, -0.25) is 14.4 Å².